The Balaban J connectivity index is 1.37. The van der Waals surface area contributed by atoms with Crippen molar-refractivity contribution in [2.75, 3.05) is 23.3 Å². The van der Waals surface area contributed by atoms with E-state index in [4.69, 9.17) is 0 Å². The van der Waals surface area contributed by atoms with Crippen molar-refractivity contribution in [3.05, 3.63) is 59.5 Å². The maximum Gasteiger partial charge on any atom is 0.313 e. The maximum absolute atomic E-state index is 12.3. The van der Waals surface area contributed by atoms with Gasteiger partial charge in [0, 0.05) is 33.9 Å². The minimum Gasteiger partial charge on any atom is -0.383 e. The number of aliphatic hydroxyl groups is 1. The molecule has 0 bridgehead atoms. The molecule has 8 heteroatoms. The number of rotatable bonds is 5. The van der Waals surface area contributed by atoms with Gasteiger partial charge in [-0.25, -0.2) is 0 Å². The second kappa shape index (κ2) is 8.49. The summed E-state index contributed by atoms with van der Waals surface area (Å²) in [5, 5.41) is 16.9. The van der Waals surface area contributed by atoms with Crippen molar-refractivity contribution in [3.63, 3.8) is 0 Å². The normalized spacial score (nSPS) is 15.7. The van der Waals surface area contributed by atoms with Crippen molar-refractivity contribution >= 4 is 50.5 Å². The van der Waals surface area contributed by atoms with Crippen molar-refractivity contribution in [2.24, 2.45) is 0 Å². The van der Waals surface area contributed by atoms with Gasteiger partial charge in [-0.15, -0.1) is 11.3 Å². The molecule has 0 radical (unpaired) electrons. The van der Waals surface area contributed by atoms with Crippen molar-refractivity contribution in [1.82, 2.24) is 5.32 Å². The summed E-state index contributed by atoms with van der Waals surface area (Å²) in [6.07, 6.45) is 1.32. The van der Waals surface area contributed by atoms with E-state index in [-0.39, 0.29) is 12.5 Å². The van der Waals surface area contributed by atoms with E-state index in [1.165, 1.54) is 11.3 Å². The molecule has 1 fully saturated rings. The number of carbonyl (C=O) groups excluding carboxylic acids is 3. The number of thiophene rings is 1. The molecule has 7 nitrogen and oxygen atoms in total. The summed E-state index contributed by atoms with van der Waals surface area (Å²) in [6, 6.07) is 16.5. The predicted octanol–water partition coefficient (Wildman–Crippen LogP) is 2.99. The van der Waals surface area contributed by atoms with E-state index in [9.17, 15) is 19.5 Å². The molecule has 1 atom stereocenters. The van der Waals surface area contributed by atoms with Gasteiger partial charge in [0.1, 0.15) is 5.60 Å². The van der Waals surface area contributed by atoms with E-state index < -0.39 is 17.4 Å². The average molecular weight is 438 g/mol. The zero-order valence-electron chi connectivity index (χ0n) is 17.1. The van der Waals surface area contributed by atoms with Gasteiger partial charge < -0.3 is 20.6 Å². The SMILES string of the molecule is C[C@@](O)(CNC(=O)C(=O)Nc1cccc(N2CCCC2=O)c1)c1cc2ccccc2s1. The fourth-order valence-electron chi connectivity index (χ4n) is 3.53. The van der Waals surface area contributed by atoms with Crippen molar-refractivity contribution in [3.8, 4) is 0 Å². The van der Waals surface area contributed by atoms with Crippen LogP contribution in [0.4, 0.5) is 11.4 Å². The molecule has 4 rings (SSSR count). The molecule has 0 saturated carbocycles. The number of anilines is 2. The fraction of sp³-hybridized carbons (Fsp3) is 0.261. The highest BCUT2D eigenvalue weighted by Gasteiger charge is 2.28. The van der Waals surface area contributed by atoms with Crippen LogP contribution in [0.1, 0.15) is 24.6 Å². The molecule has 3 amide bonds. The first-order chi connectivity index (χ1) is 14.8. The molecule has 1 saturated heterocycles. The van der Waals surface area contributed by atoms with E-state index >= 15 is 0 Å². The van der Waals surface area contributed by atoms with E-state index in [2.05, 4.69) is 10.6 Å². The highest BCUT2D eigenvalue weighted by molar-refractivity contribution is 7.19. The Morgan fingerprint density at radius 2 is 1.94 bits per heavy atom. The van der Waals surface area contributed by atoms with Gasteiger partial charge in [-0.3, -0.25) is 14.4 Å². The van der Waals surface area contributed by atoms with E-state index in [0.717, 1.165) is 16.5 Å². The van der Waals surface area contributed by atoms with Gasteiger partial charge >= 0.3 is 11.8 Å². The summed E-state index contributed by atoms with van der Waals surface area (Å²) >= 11 is 1.45. The third-order valence-electron chi connectivity index (χ3n) is 5.24. The summed E-state index contributed by atoms with van der Waals surface area (Å²) in [6.45, 7) is 2.14. The van der Waals surface area contributed by atoms with Crippen LogP contribution in [0.25, 0.3) is 10.1 Å². The first-order valence-electron chi connectivity index (χ1n) is 10.0. The molecular formula is C23H23N3O4S. The third kappa shape index (κ3) is 4.60. The van der Waals surface area contributed by atoms with Gasteiger partial charge in [0.25, 0.3) is 0 Å². The van der Waals surface area contributed by atoms with Crippen LogP contribution in [-0.2, 0) is 20.0 Å². The van der Waals surface area contributed by atoms with E-state index in [0.29, 0.717) is 29.2 Å². The van der Waals surface area contributed by atoms with Crippen LogP contribution in [0.3, 0.4) is 0 Å². The third-order valence-corrected chi connectivity index (χ3v) is 6.61. The standard InChI is InChI=1S/C23H23N3O4S/c1-23(30,19-12-15-6-2-3-9-18(15)31-19)14-24-21(28)22(29)25-16-7-4-8-17(13-16)26-11-5-10-20(26)27/h2-4,6-9,12-13,30H,5,10-11,14H2,1H3,(H,24,28)(H,25,29)/t23-/m1/s1. The first-order valence-corrected chi connectivity index (χ1v) is 10.9. The average Bonchev–Trinajstić information content (AvgIpc) is 3.38. The number of fused-ring (bicyclic) bond motifs is 1. The minimum atomic E-state index is -1.31. The topological polar surface area (TPSA) is 98.7 Å². The zero-order valence-corrected chi connectivity index (χ0v) is 17.9. The summed E-state index contributed by atoms with van der Waals surface area (Å²) < 4.78 is 1.04. The maximum atomic E-state index is 12.3. The van der Waals surface area contributed by atoms with Crippen LogP contribution < -0.4 is 15.5 Å². The summed E-state index contributed by atoms with van der Waals surface area (Å²) in [4.78, 5) is 38.9. The molecule has 0 unspecified atom stereocenters. The quantitative estimate of drug-likeness (QED) is 0.535. The highest BCUT2D eigenvalue weighted by atomic mass is 32.1. The zero-order chi connectivity index (χ0) is 22.0. The smallest absolute Gasteiger partial charge is 0.313 e. The minimum absolute atomic E-state index is 0.0460. The van der Waals surface area contributed by atoms with Gasteiger partial charge in [-0.05, 0) is 49.1 Å². The van der Waals surface area contributed by atoms with Crippen LogP contribution >= 0.6 is 11.3 Å². The Kier molecular flexibility index (Phi) is 5.75. The Bertz CT molecular complexity index is 1120. The van der Waals surface area contributed by atoms with Gasteiger partial charge in [-0.1, -0.05) is 24.3 Å². The second-order valence-corrected chi connectivity index (χ2v) is 8.84. The van der Waals surface area contributed by atoms with Crippen molar-refractivity contribution in [2.45, 2.75) is 25.4 Å². The van der Waals surface area contributed by atoms with E-state index in [1.54, 1.807) is 36.1 Å². The molecular weight excluding hydrogens is 414 g/mol. The molecule has 31 heavy (non-hydrogen) atoms. The second-order valence-electron chi connectivity index (χ2n) is 7.76. The molecule has 1 aliphatic rings. The number of nitrogens with zero attached hydrogens (tertiary/aromatic N) is 1. The Labute approximate surface area is 183 Å². The predicted molar refractivity (Wildman–Crippen MR) is 121 cm³/mol. The molecule has 1 aromatic heterocycles. The lowest BCUT2D eigenvalue weighted by atomic mass is 10.0. The Morgan fingerprint density at radius 1 is 1.13 bits per heavy atom. The lowest BCUT2D eigenvalue weighted by Crippen LogP contribution is -2.43. The van der Waals surface area contributed by atoms with Gasteiger partial charge in [0.15, 0.2) is 0 Å². The Morgan fingerprint density at radius 3 is 2.68 bits per heavy atom. The molecule has 0 spiro atoms. The number of nitrogens with one attached hydrogen (secondary N) is 2. The number of hydrogen-bond acceptors (Lipinski definition) is 5. The highest BCUT2D eigenvalue weighted by Crippen LogP contribution is 2.32. The molecule has 2 heterocycles. The van der Waals surface area contributed by atoms with Crippen LogP contribution in [0, 0.1) is 0 Å². The van der Waals surface area contributed by atoms with Crippen molar-refractivity contribution < 1.29 is 19.5 Å². The first kappa shape index (κ1) is 21.0. The van der Waals surface area contributed by atoms with Gasteiger partial charge in [0.05, 0.1) is 6.54 Å². The van der Waals surface area contributed by atoms with Crippen LogP contribution in [0.2, 0.25) is 0 Å². The largest absolute Gasteiger partial charge is 0.383 e. The van der Waals surface area contributed by atoms with Gasteiger partial charge in [0.2, 0.25) is 5.91 Å². The lowest BCUT2D eigenvalue weighted by molar-refractivity contribution is -0.136. The Hall–Kier alpha value is -3.23. The molecule has 160 valence electrons. The van der Waals surface area contributed by atoms with Gasteiger partial charge in [-0.2, -0.15) is 0 Å². The number of amides is 3. The lowest BCUT2D eigenvalue weighted by Gasteiger charge is -2.22. The van der Waals surface area contributed by atoms with E-state index in [1.807, 2.05) is 30.3 Å². The van der Waals surface area contributed by atoms with Crippen LogP contribution in [0.15, 0.2) is 54.6 Å². The molecule has 1 aliphatic heterocycles. The van der Waals surface area contributed by atoms with Crippen LogP contribution in [-0.4, -0.2) is 35.9 Å². The molecule has 0 aliphatic carbocycles. The molecule has 2 aromatic carbocycles. The van der Waals surface area contributed by atoms with Crippen molar-refractivity contribution in [1.29, 1.82) is 0 Å². The summed E-state index contributed by atoms with van der Waals surface area (Å²) in [5.74, 6) is -1.63. The number of hydrogen-bond donors (Lipinski definition) is 3. The molecule has 3 aromatic rings. The fourth-order valence-corrected chi connectivity index (χ4v) is 4.63. The molecule has 3 N–H and O–H groups in total. The van der Waals surface area contributed by atoms with Crippen LogP contribution in [0.5, 0.6) is 0 Å². The monoisotopic (exact) mass is 437 g/mol. The number of carbonyl (C=O) groups is 3. The summed E-state index contributed by atoms with van der Waals surface area (Å²) in [5.41, 5.74) is -0.197. The number of benzene rings is 2. The summed E-state index contributed by atoms with van der Waals surface area (Å²) in [7, 11) is 0.